The predicted molar refractivity (Wildman–Crippen MR) is 213 cm³/mol. The Hall–Kier alpha value is -4.49. The van der Waals surface area contributed by atoms with Gasteiger partial charge in [0.15, 0.2) is 0 Å². The van der Waals surface area contributed by atoms with E-state index in [1.807, 2.05) is 18.2 Å². The molecule has 2 aliphatic carbocycles. The summed E-state index contributed by atoms with van der Waals surface area (Å²) in [6.45, 7) is 6.74. The molecule has 0 spiro atoms. The molecule has 6 unspecified atom stereocenters. The van der Waals surface area contributed by atoms with Gasteiger partial charge >= 0.3 is 0 Å². The molecule has 1 fully saturated rings. The summed E-state index contributed by atoms with van der Waals surface area (Å²) in [5, 5.41) is 35.5. The fourth-order valence-electron chi connectivity index (χ4n) is 8.43. The zero-order chi connectivity index (χ0) is 38.8. The van der Waals surface area contributed by atoms with Crippen LogP contribution in [0.4, 0.5) is 5.69 Å². The predicted octanol–water partition coefficient (Wildman–Crippen LogP) is 8.79. The topological polar surface area (TPSA) is 150 Å². The van der Waals surface area contributed by atoms with E-state index >= 15 is 0 Å². The van der Waals surface area contributed by atoms with E-state index < -0.39 is 10.7 Å². The minimum atomic E-state index is -1.07. The van der Waals surface area contributed by atoms with Crippen LogP contribution in [0.15, 0.2) is 96.2 Å². The molecule has 12 heteroatoms. The standard InChI is InChI=1S/C43H50N2O9S/c1-3-22-51-43-40(55-4-2)26-38(44-52-28-29-14-16-32(17-15-29)45(49)50)36-24-31(11-5-7-20-46)35(13-6-8-21-47)41(42(36)43)37-25-34(18-19-39(37)54-43)53-33-12-9-10-30(23-33)27-48/h3,9-10,12,14-19,23-25,27,31,35,40-42,46-47H,1,4-8,11,13,20-22,26,28H2,2H3. The highest BCUT2D eigenvalue weighted by molar-refractivity contribution is 8.00. The van der Waals surface area contributed by atoms with E-state index in [0.717, 1.165) is 65.9 Å². The molecule has 55 heavy (non-hydrogen) atoms. The monoisotopic (exact) mass is 770 g/mol. The van der Waals surface area contributed by atoms with E-state index in [2.05, 4.69) is 25.6 Å². The second-order valence-electron chi connectivity index (χ2n) is 14.2. The van der Waals surface area contributed by atoms with Crippen molar-refractivity contribution in [3.05, 3.63) is 118 Å². The minimum absolute atomic E-state index is 0.0115. The molecule has 0 saturated heterocycles. The van der Waals surface area contributed by atoms with Crippen molar-refractivity contribution in [3.63, 3.8) is 0 Å². The van der Waals surface area contributed by atoms with Crippen LogP contribution in [0, 0.1) is 27.9 Å². The molecular weight excluding hydrogens is 721 g/mol. The third-order valence-electron chi connectivity index (χ3n) is 10.8. The number of ether oxygens (including phenoxy) is 3. The van der Waals surface area contributed by atoms with Gasteiger partial charge in [-0.1, -0.05) is 49.2 Å². The summed E-state index contributed by atoms with van der Waals surface area (Å²) in [6.07, 6.45) is 10.2. The molecule has 3 aromatic carbocycles. The van der Waals surface area contributed by atoms with Crippen molar-refractivity contribution >= 4 is 29.4 Å². The van der Waals surface area contributed by atoms with E-state index in [1.54, 1.807) is 48.2 Å². The highest BCUT2D eigenvalue weighted by Gasteiger charge is 2.63. The van der Waals surface area contributed by atoms with Gasteiger partial charge in [-0.15, -0.1) is 6.58 Å². The lowest BCUT2D eigenvalue weighted by Gasteiger charge is -2.58. The summed E-state index contributed by atoms with van der Waals surface area (Å²) in [6, 6.07) is 19.2. The van der Waals surface area contributed by atoms with Gasteiger partial charge in [0.25, 0.3) is 5.69 Å². The van der Waals surface area contributed by atoms with Crippen molar-refractivity contribution in [1.82, 2.24) is 0 Å². The number of fused-ring (bicyclic) bond motifs is 2. The quantitative estimate of drug-likeness (QED) is 0.0375. The first-order chi connectivity index (χ1) is 26.8. The van der Waals surface area contributed by atoms with Crippen LogP contribution in [0.3, 0.4) is 0 Å². The molecule has 0 aromatic heterocycles. The molecule has 0 amide bonds. The smallest absolute Gasteiger partial charge is 0.269 e. The van der Waals surface area contributed by atoms with Crippen molar-refractivity contribution < 1.29 is 39.0 Å². The number of nitrogens with zero attached hydrogens (tertiary/aromatic N) is 2. The number of rotatable bonds is 20. The van der Waals surface area contributed by atoms with E-state index in [1.165, 1.54) is 12.1 Å². The van der Waals surface area contributed by atoms with Gasteiger partial charge in [-0.25, -0.2) is 0 Å². The number of hydrogen-bond acceptors (Lipinski definition) is 11. The van der Waals surface area contributed by atoms with Gasteiger partial charge in [0.1, 0.15) is 30.1 Å². The highest BCUT2D eigenvalue weighted by atomic mass is 32.2. The summed E-state index contributed by atoms with van der Waals surface area (Å²) < 4.78 is 20.4. The number of aliphatic hydroxyl groups excluding tert-OH is 2. The number of benzene rings is 3. The second-order valence-corrected chi connectivity index (χ2v) is 15.7. The molecule has 1 heterocycles. The Kier molecular flexibility index (Phi) is 13.8. The summed E-state index contributed by atoms with van der Waals surface area (Å²) in [4.78, 5) is 28.4. The second kappa shape index (κ2) is 18.9. The number of aliphatic hydroxyl groups is 2. The Morgan fingerprint density at radius 3 is 2.51 bits per heavy atom. The van der Waals surface area contributed by atoms with E-state index in [4.69, 9.17) is 24.2 Å². The Labute approximate surface area is 326 Å². The lowest BCUT2D eigenvalue weighted by Crippen LogP contribution is -2.64. The number of oxime groups is 1. The molecule has 0 radical (unpaired) electrons. The summed E-state index contributed by atoms with van der Waals surface area (Å²) in [5.41, 5.74) is 4.10. The number of allylic oxidation sites excluding steroid dienone is 1. The summed E-state index contributed by atoms with van der Waals surface area (Å²) in [7, 11) is 0. The molecule has 3 aliphatic rings. The van der Waals surface area contributed by atoms with Crippen molar-refractivity contribution in [2.24, 2.45) is 22.9 Å². The zero-order valence-corrected chi connectivity index (χ0v) is 32.0. The van der Waals surface area contributed by atoms with E-state index in [9.17, 15) is 25.1 Å². The van der Waals surface area contributed by atoms with Gasteiger partial charge in [-0.3, -0.25) is 14.9 Å². The number of aldehydes is 1. The van der Waals surface area contributed by atoms with E-state index in [0.29, 0.717) is 36.3 Å². The van der Waals surface area contributed by atoms with Gasteiger partial charge in [-0.2, -0.15) is 11.8 Å². The van der Waals surface area contributed by atoms with Gasteiger partial charge in [-0.05, 0) is 96.9 Å². The molecule has 11 nitrogen and oxygen atoms in total. The maximum absolute atomic E-state index is 11.5. The van der Waals surface area contributed by atoms with Crippen LogP contribution in [-0.4, -0.2) is 63.7 Å². The molecule has 2 N–H and O–H groups in total. The van der Waals surface area contributed by atoms with Crippen LogP contribution >= 0.6 is 11.8 Å². The maximum atomic E-state index is 11.5. The van der Waals surface area contributed by atoms with Crippen LogP contribution < -0.4 is 9.47 Å². The van der Waals surface area contributed by atoms with Crippen LogP contribution in [0.2, 0.25) is 0 Å². The van der Waals surface area contributed by atoms with Crippen LogP contribution in [-0.2, 0) is 16.2 Å². The molecular formula is C43H50N2O9S. The first-order valence-corrected chi connectivity index (χ1v) is 20.2. The fourth-order valence-corrected chi connectivity index (χ4v) is 9.60. The number of carbonyl (C=O) groups is 1. The maximum Gasteiger partial charge on any atom is 0.269 e. The number of nitro benzene ring substituents is 1. The van der Waals surface area contributed by atoms with Crippen LogP contribution in [0.5, 0.6) is 17.2 Å². The van der Waals surface area contributed by atoms with E-state index in [-0.39, 0.29) is 61.0 Å². The lowest BCUT2D eigenvalue weighted by molar-refractivity contribution is -0.384. The third kappa shape index (κ3) is 8.99. The highest BCUT2D eigenvalue weighted by Crippen LogP contribution is 2.62. The Balaban J connectivity index is 1.48. The molecule has 6 atom stereocenters. The largest absolute Gasteiger partial charge is 0.460 e. The third-order valence-corrected chi connectivity index (χ3v) is 12.0. The van der Waals surface area contributed by atoms with Crippen LogP contribution in [0.1, 0.15) is 79.3 Å². The Morgan fingerprint density at radius 1 is 1.04 bits per heavy atom. The molecule has 292 valence electrons. The van der Waals surface area contributed by atoms with Gasteiger partial charge in [0.05, 0.1) is 28.4 Å². The average Bonchev–Trinajstić information content (AvgIpc) is 3.19. The summed E-state index contributed by atoms with van der Waals surface area (Å²) in [5.74, 6) is 1.49. The first-order valence-electron chi connectivity index (χ1n) is 19.1. The van der Waals surface area contributed by atoms with Crippen molar-refractivity contribution in [2.45, 2.75) is 75.4 Å². The number of unbranched alkanes of at least 4 members (excludes halogenated alkanes) is 2. The zero-order valence-electron chi connectivity index (χ0n) is 31.2. The molecule has 3 aromatic rings. The summed E-state index contributed by atoms with van der Waals surface area (Å²) >= 11 is 1.76. The van der Waals surface area contributed by atoms with Gasteiger partial charge in [0, 0.05) is 48.8 Å². The fraction of sp³-hybridized carbons (Fsp3) is 0.442. The Bertz CT molecular complexity index is 1860. The molecule has 1 saturated carbocycles. The molecule has 1 aliphatic heterocycles. The van der Waals surface area contributed by atoms with Gasteiger partial charge < -0.3 is 29.3 Å². The average molecular weight is 771 g/mol. The lowest BCUT2D eigenvalue weighted by atomic mass is 9.56. The Morgan fingerprint density at radius 2 is 1.80 bits per heavy atom. The van der Waals surface area contributed by atoms with Crippen molar-refractivity contribution in [2.75, 3.05) is 25.6 Å². The normalized spacial score (nSPS) is 24.5. The number of nitro groups is 1. The SMILES string of the molecule is C=CCOC12Oc3ccc(Oc4cccc(C=O)c4)cc3C3C(CCCCO)C(CCCCO)C=C(C(=NOCc4ccc([N+](=O)[O-])cc4)CC1SCC)C32. The number of thioether (sulfide) groups is 1. The molecule has 0 bridgehead atoms. The van der Waals surface area contributed by atoms with Crippen molar-refractivity contribution in [1.29, 1.82) is 0 Å². The number of carbonyl (C=O) groups excluding carboxylic acids is 1. The number of non-ortho nitro benzene ring substituents is 1. The number of hydrogen-bond donors (Lipinski definition) is 2. The van der Waals surface area contributed by atoms with Crippen LogP contribution in [0.25, 0.3) is 0 Å². The first kappa shape index (κ1) is 40.2. The minimum Gasteiger partial charge on any atom is -0.460 e. The van der Waals surface area contributed by atoms with Gasteiger partial charge in [0.2, 0.25) is 5.79 Å². The molecule has 6 rings (SSSR count). The van der Waals surface area contributed by atoms with Crippen molar-refractivity contribution in [3.8, 4) is 17.2 Å².